The van der Waals surface area contributed by atoms with Gasteiger partial charge in [0.05, 0.1) is 10.9 Å². The van der Waals surface area contributed by atoms with Crippen molar-refractivity contribution in [3.63, 3.8) is 0 Å². The van der Waals surface area contributed by atoms with Gasteiger partial charge in [-0.2, -0.15) is 4.31 Å². The smallest absolute Gasteiger partial charge is 0.217 e. The third kappa shape index (κ3) is 2.89. The summed E-state index contributed by atoms with van der Waals surface area (Å²) in [4.78, 5) is 2.27. The molecule has 116 valence electrons. The molecule has 1 aliphatic carbocycles. The van der Waals surface area contributed by atoms with Crippen LogP contribution in [0.3, 0.4) is 0 Å². The standard InChI is InChI=1S/C14H26N2O3S/c17-14(11-15-8-3-4-9-15)7-10-16(12-14)20(18,19)13-5-1-2-6-13/h13,17H,1-12H2. The zero-order chi connectivity index (χ0) is 14.2. The molecule has 0 aromatic heterocycles. The predicted molar refractivity (Wildman–Crippen MR) is 78.0 cm³/mol. The summed E-state index contributed by atoms with van der Waals surface area (Å²) >= 11 is 0. The molecule has 1 unspecified atom stereocenters. The second-order valence-corrected chi connectivity index (χ2v) is 8.96. The number of aliphatic hydroxyl groups is 1. The van der Waals surface area contributed by atoms with Crippen molar-refractivity contribution in [3.8, 4) is 0 Å². The van der Waals surface area contributed by atoms with Gasteiger partial charge in [-0.15, -0.1) is 0 Å². The number of β-amino-alcohol motifs (C(OH)–C–C–N with tert-alkyl or cyclic N) is 1. The molecule has 2 saturated heterocycles. The Kier molecular flexibility index (Phi) is 4.10. The molecule has 0 amide bonds. The molecule has 2 aliphatic heterocycles. The van der Waals surface area contributed by atoms with E-state index >= 15 is 0 Å². The molecule has 1 saturated carbocycles. The maximum absolute atomic E-state index is 12.6. The highest BCUT2D eigenvalue weighted by atomic mass is 32.2. The molecular weight excluding hydrogens is 276 g/mol. The molecule has 0 bridgehead atoms. The third-order valence-corrected chi connectivity index (χ3v) is 7.44. The van der Waals surface area contributed by atoms with Crippen LogP contribution in [0.2, 0.25) is 0 Å². The molecule has 0 radical (unpaired) electrons. The summed E-state index contributed by atoms with van der Waals surface area (Å²) in [6.07, 6.45) is 6.61. The number of likely N-dealkylation sites (tertiary alicyclic amines) is 1. The van der Waals surface area contributed by atoms with Crippen LogP contribution in [0.15, 0.2) is 0 Å². The number of sulfonamides is 1. The van der Waals surface area contributed by atoms with Gasteiger partial charge in [0.25, 0.3) is 0 Å². The van der Waals surface area contributed by atoms with Gasteiger partial charge < -0.3 is 10.0 Å². The molecule has 2 heterocycles. The minimum absolute atomic E-state index is 0.198. The van der Waals surface area contributed by atoms with Gasteiger partial charge in [0.15, 0.2) is 0 Å². The van der Waals surface area contributed by atoms with E-state index in [0.717, 1.165) is 38.8 Å². The van der Waals surface area contributed by atoms with Crippen LogP contribution in [-0.4, -0.2) is 66.3 Å². The minimum atomic E-state index is -3.19. The first-order valence-corrected chi connectivity index (χ1v) is 9.44. The van der Waals surface area contributed by atoms with E-state index in [9.17, 15) is 13.5 Å². The lowest BCUT2D eigenvalue weighted by Gasteiger charge is -2.29. The van der Waals surface area contributed by atoms with Crippen LogP contribution >= 0.6 is 0 Å². The summed E-state index contributed by atoms with van der Waals surface area (Å²) in [5.41, 5.74) is -0.837. The fraction of sp³-hybridized carbons (Fsp3) is 1.00. The van der Waals surface area contributed by atoms with Crippen molar-refractivity contribution in [2.45, 2.75) is 55.8 Å². The Bertz CT molecular complexity index is 441. The first-order valence-electron chi connectivity index (χ1n) is 7.93. The molecule has 3 rings (SSSR count). The summed E-state index contributed by atoms with van der Waals surface area (Å²) in [6, 6.07) is 0. The van der Waals surface area contributed by atoms with Crippen molar-refractivity contribution in [2.75, 3.05) is 32.7 Å². The highest BCUT2D eigenvalue weighted by molar-refractivity contribution is 7.89. The van der Waals surface area contributed by atoms with Crippen LogP contribution in [0.5, 0.6) is 0 Å². The molecule has 1 N–H and O–H groups in total. The molecule has 3 fully saturated rings. The molecule has 0 aromatic carbocycles. The lowest BCUT2D eigenvalue weighted by molar-refractivity contribution is 0.0232. The lowest BCUT2D eigenvalue weighted by Crippen LogP contribution is -2.46. The van der Waals surface area contributed by atoms with Crippen LogP contribution < -0.4 is 0 Å². The Labute approximate surface area is 122 Å². The predicted octanol–water partition coefficient (Wildman–Crippen LogP) is 0.791. The average Bonchev–Trinajstić information content (AvgIpc) is 3.09. The Hall–Kier alpha value is -0.170. The topological polar surface area (TPSA) is 60.9 Å². The SMILES string of the molecule is O=S(=O)(C1CCCC1)N1CCC(O)(CN2CCCC2)C1. The van der Waals surface area contributed by atoms with Gasteiger partial charge in [-0.3, -0.25) is 0 Å². The third-order valence-electron chi connectivity index (χ3n) is 5.10. The number of hydrogen-bond donors (Lipinski definition) is 1. The number of nitrogens with zero attached hydrogens (tertiary/aromatic N) is 2. The van der Waals surface area contributed by atoms with Crippen LogP contribution in [-0.2, 0) is 10.0 Å². The van der Waals surface area contributed by atoms with Crippen LogP contribution in [0, 0.1) is 0 Å². The molecule has 1 atom stereocenters. The second kappa shape index (κ2) is 5.55. The molecule has 6 heteroatoms. The molecule has 0 aromatic rings. The molecule has 0 spiro atoms. The minimum Gasteiger partial charge on any atom is -0.387 e. The Balaban J connectivity index is 1.63. The van der Waals surface area contributed by atoms with Gasteiger partial charge in [-0.1, -0.05) is 12.8 Å². The summed E-state index contributed by atoms with van der Waals surface area (Å²) in [5, 5.41) is 10.5. The van der Waals surface area contributed by atoms with Gasteiger partial charge >= 0.3 is 0 Å². The largest absolute Gasteiger partial charge is 0.387 e. The van der Waals surface area contributed by atoms with Crippen molar-refractivity contribution in [3.05, 3.63) is 0 Å². The van der Waals surface area contributed by atoms with E-state index in [1.54, 1.807) is 4.31 Å². The van der Waals surface area contributed by atoms with Crippen molar-refractivity contribution in [2.24, 2.45) is 0 Å². The van der Waals surface area contributed by atoms with E-state index in [4.69, 9.17) is 0 Å². The maximum atomic E-state index is 12.6. The average molecular weight is 302 g/mol. The molecule has 5 nitrogen and oxygen atoms in total. The summed E-state index contributed by atoms with van der Waals surface area (Å²) in [7, 11) is -3.19. The first-order chi connectivity index (χ1) is 9.50. The van der Waals surface area contributed by atoms with Crippen LogP contribution in [0.25, 0.3) is 0 Å². The number of hydrogen-bond acceptors (Lipinski definition) is 4. The second-order valence-electron chi connectivity index (χ2n) is 6.74. The van der Waals surface area contributed by atoms with E-state index in [1.807, 2.05) is 0 Å². The van der Waals surface area contributed by atoms with E-state index in [0.29, 0.717) is 26.1 Å². The summed E-state index contributed by atoms with van der Waals surface area (Å²) in [5.74, 6) is 0. The van der Waals surface area contributed by atoms with E-state index < -0.39 is 15.6 Å². The fourth-order valence-corrected chi connectivity index (χ4v) is 6.04. The summed E-state index contributed by atoms with van der Waals surface area (Å²) < 4.78 is 26.7. The Morgan fingerprint density at radius 3 is 2.35 bits per heavy atom. The van der Waals surface area contributed by atoms with E-state index in [2.05, 4.69) is 4.90 Å². The number of rotatable bonds is 4. The molecule has 3 aliphatic rings. The Morgan fingerprint density at radius 1 is 1.05 bits per heavy atom. The monoisotopic (exact) mass is 302 g/mol. The van der Waals surface area contributed by atoms with Crippen molar-refractivity contribution in [1.29, 1.82) is 0 Å². The van der Waals surface area contributed by atoms with Crippen molar-refractivity contribution in [1.82, 2.24) is 9.21 Å². The van der Waals surface area contributed by atoms with Gasteiger partial charge in [-0.05, 0) is 45.2 Å². The van der Waals surface area contributed by atoms with Gasteiger partial charge in [0.2, 0.25) is 10.0 Å². The maximum Gasteiger partial charge on any atom is 0.217 e. The van der Waals surface area contributed by atoms with E-state index in [-0.39, 0.29) is 5.25 Å². The van der Waals surface area contributed by atoms with Gasteiger partial charge in [-0.25, -0.2) is 8.42 Å². The fourth-order valence-electron chi connectivity index (χ4n) is 3.92. The highest BCUT2D eigenvalue weighted by Gasteiger charge is 2.45. The van der Waals surface area contributed by atoms with Crippen molar-refractivity contribution >= 4 is 10.0 Å². The van der Waals surface area contributed by atoms with Crippen LogP contribution in [0.4, 0.5) is 0 Å². The Morgan fingerprint density at radius 2 is 1.70 bits per heavy atom. The van der Waals surface area contributed by atoms with Crippen molar-refractivity contribution < 1.29 is 13.5 Å². The van der Waals surface area contributed by atoms with Crippen LogP contribution in [0.1, 0.15) is 44.9 Å². The molecular formula is C14H26N2O3S. The van der Waals surface area contributed by atoms with Gasteiger partial charge in [0.1, 0.15) is 0 Å². The van der Waals surface area contributed by atoms with Gasteiger partial charge in [0, 0.05) is 19.6 Å². The highest BCUT2D eigenvalue weighted by Crippen LogP contribution is 2.32. The first kappa shape index (κ1) is 14.8. The quantitative estimate of drug-likeness (QED) is 0.834. The summed E-state index contributed by atoms with van der Waals surface area (Å²) in [6.45, 7) is 3.49. The normalized spacial score (nSPS) is 34.2. The molecule has 20 heavy (non-hydrogen) atoms. The lowest BCUT2D eigenvalue weighted by atomic mass is 10.0. The zero-order valence-electron chi connectivity index (χ0n) is 12.1. The van der Waals surface area contributed by atoms with E-state index in [1.165, 1.54) is 12.8 Å². The zero-order valence-corrected chi connectivity index (χ0v) is 12.9.